The fourth-order valence-corrected chi connectivity index (χ4v) is 3.04. The van der Waals surface area contributed by atoms with Crippen molar-refractivity contribution in [2.45, 2.75) is 20.0 Å². The highest BCUT2D eigenvalue weighted by atomic mass is 19.4. The van der Waals surface area contributed by atoms with E-state index in [1.807, 2.05) is 32.8 Å². The average Bonchev–Trinajstić information content (AvgIpc) is 2.80. The predicted molar refractivity (Wildman–Crippen MR) is 129 cm³/mol. The molecule has 3 aromatic rings. The Morgan fingerprint density at radius 3 is 2.31 bits per heavy atom. The number of halogens is 3. The van der Waals surface area contributed by atoms with E-state index >= 15 is 0 Å². The van der Waals surface area contributed by atoms with Crippen LogP contribution in [0.3, 0.4) is 0 Å². The zero-order valence-corrected chi connectivity index (χ0v) is 20.3. The summed E-state index contributed by atoms with van der Waals surface area (Å²) in [7, 11) is 3.64. The molecule has 2 N–H and O–H groups in total. The molecular formula is C24H27F3N6O3. The van der Waals surface area contributed by atoms with Crippen LogP contribution < -0.4 is 20.1 Å². The van der Waals surface area contributed by atoms with Gasteiger partial charge in [-0.15, -0.1) is 0 Å². The van der Waals surface area contributed by atoms with Crippen LogP contribution in [0.25, 0.3) is 11.4 Å². The van der Waals surface area contributed by atoms with Gasteiger partial charge < -0.3 is 25.0 Å². The molecule has 9 nitrogen and oxygen atoms in total. The van der Waals surface area contributed by atoms with E-state index in [-0.39, 0.29) is 23.7 Å². The molecule has 0 saturated carbocycles. The van der Waals surface area contributed by atoms with Crippen LogP contribution in [0, 0.1) is 6.92 Å². The Morgan fingerprint density at radius 1 is 0.972 bits per heavy atom. The number of aryl methyl sites for hydroxylation is 1. The quantitative estimate of drug-likeness (QED) is 0.430. The number of hydrogen-bond acceptors (Lipinski definition) is 7. The van der Waals surface area contributed by atoms with Crippen molar-refractivity contribution in [1.29, 1.82) is 0 Å². The smallest absolute Gasteiger partial charge is 0.416 e. The Balaban J connectivity index is 1.70. The highest BCUT2D eigenvalue weighted by molar-refractivity contribution is 5.99. The van der Waals surface area contributed by atoms with Gasteiger partial charge in [-0.2, -0.15) is 13.2 Å². The summed E-state index contributed by atoms with van der Waals surface area (Å²) in [6.07, 6.45) is -0.239. The number of carbonyl (C=O) groups is 1. The summed E-state index contributed by atoms with van der Waals surface area (Å²) in [5, 5.41) is 4.90. The zero-order chi connectivity index (χ0) is 26.3. The number of carbonyl (C=O) groups excluding carboxylic acids is 1. The van der Waals surface area contributed by atoms with E-state index < -0.39 is 17.8 Å². The first-order chi connectivity index (χ1) is 17.0. The third-order valence-corrected chi connectivity index (χ3v) is 4.81. The second-order valence-corrected chi connectivity index (χ2v) is 8.01. The van der Waals surface area contributed by atoms with Crippen LogP contribution >= 0.6 is 0 Å². The molecule has 0 aliphatic carbocycles. The SMILES string of the molecule is CCOc1cc(-c2ncc(NC(=O)Nc3cc(OCCN(C)C)cc(C(F)(F)F)c3)cn2)cnc1C. The van der Waals surface area contributed by atoms with Crippen molar-refractivity contribution in [2.24, 2.45) is 0 Å². The number of pyridine rings is 1. The Morgan fingerprint density at radius 2 is 1.67 bits per heavy atom. The number of anilines is 2. The number of likely N-dealkylation sites (N-methyl/N-ethyl adjacent to an activating group) is 1. The van der Waals surface area contributed by atoms with Gasteiger partial charge in [-0.25, -0.2) is 14.8 Å². The lowest BCUT2D eigenvalue weighted by atomic mass is 10.2. The van der Waals surface area contributed by atoms with Crippen LogP contribution in [0.4, 0.5) is 29.3 Å². The number of nitrogens with zero attached hydrogens (tertiary/aromatic N) is 4. The third-order valence-electron chi connectivity index (χ3n) is 4.81. The summed E-state index contributed by atoms with van der Waals surface area (Å²) in [5.74, 6) is 0.978. The molecule has 0 aliphatic rings. The van der Waals surface area contributed by atoms with Gasteiger partial charge in [0.15, 0.2) is 5.82 Å². The van der Waals surface area contributed by atoms with Crippen molar-refractivity contribution in [2.75, 3.05) is 44.5 Å². The standard InChI is InChI=1S/C24H27F3N6O3/c1-5-35-21-8-16(12-28-15(21)2)22-29-13-19(14-30-22)32-23(34)31-18-9-17(24(25,26)27)10-20(11-18)36-7-6-33(3)4/h8-14H,5-7H2,1-4H3,(H2,31,32,34). The summed E-state index contributed by atoms with van der Waals surface area (Å²) >= 11 is 0. The van der Waals surface area contributed by atoms with Gasteiger partial charge in [0.1, 0.15) is 18.1 Å². The minimum Gasteiger partial charge on any atom is -0.492 e. The van der Waals surface area contributed by atoms with Gasteiger partial charge in [0.25, 0.3) is 0 Å². The molecule has 0 saturated heterocycles. The first-order valence-electron chi connectivity index (χ1n) is 11.0. The Bertz CT molecular complexity index is 1190. The number of benzene rings is 1. The largest absolute Gasteiger partial charge is 0.492 e. The number of ether oxygens (including phenoxy) is 2. The van der Waals surface area contributed by atoms with Crippen LogP contribution in [0.1, 0.15) is 18.2 Å². The van der Waals surface area contributed by atoms with Gasteiger partial charge in [0.2, 0.25) is 0 Å². The highest BCUT2D eigenvalue weighted by Gasteiger charge is 2.31. The van der Waals surface area contributed by atoms with Crippen molar-refractivity contribution in [3.05, 3.63) is 54.1 Å². The van der Waals surface area contributed by atoms with E-state index in [1.165, 1.54) is 18.5 Å². The van der Waals surface area contributed by atoms with E-state index in [0.717, 1.165) is 17.8 Å². The van der Waals surface area contributed by atoms with Crippen molar-refractivity contribution in [1.82, 2.24) is 19.9 Å². The topological polar surface area (TPSA) is 102 Å². The Labute approximate surface area is 206 Å². The summed E-state index contributed by atoms with van der Waals surface area (Å²) < 4.78 is 51.0. The molecule has 0 atom stereocenters. The van der Waals surface area contributed by atoms with E-state index in [2.05, 4.69) is 25.6 Å². The number of rotatable bonds is 9. The lowest BCUT2D eigenvalue weighted by Crippen LogP contribution is -2.21. The minimum absolute atomic E-state index is 0.00668. The van der Waals surface area contributed by atoms with Gasteiger partial charge >= 0.3 is 12.2 Å². The highest BCUT2D eigenvalue weighted by Crippen LogP contribution is 2.34. The minimum atomic E-state index is -4.61. The maximum atomic E-state index is 13.3. The second kappa shape index (κ2) is 11.7. The number of hydrogen-bond donors (Lipinski definition) is 2. The van der Waals surface area contributed by atoms with Gasteiger partial charge in [0.05, 0.1) is 35.9 Å². The number of amides is 2. The van der Waals surface area contributed by atoms with E-state index in [9.17, 15) is 18.0 Å². The van der Waals surface area contributed by atoms with Crippen LogP contribution in [0.15, 0.2) is 42.9 Å². The molecule has 192 valence electrons. The van der Waals surface area contributed by atoms with E-state index in [0.29, 0.717) is 30.3 Å². The maximum absolute atomic E-state index is 13.3. The molecule has 0 fully saturated rings. The monoisotopic (exact) mass is 504 g/mol. The first kappa shape index (κ1) is 26.7. The molecule has 0 bridgehead atoms. The summed E-state index contributed by atoms with van der Waals surface area (Å²) in [6.45, 7) is 4.88. The second-order valence-electron chi connectivity index (χ2n) is 8.01. The number of nitrogens with one attached hydrogen (secondary N) is 2. The van der Waals surface area contributed by atoms with Crippen molar-refractivity contribution < 1.29 is 27.4 Å². The summed E-state index contributed by atoms with van der Waals surface area (Å²) in [4.78, 5) is 27.0. The van der Waals surface area contributed by atoms with Crippen LogP contribution in [-0.2, 0) is 6.18 Å². The van der Waals surface area contributed by atoms with Crippen molar-refractivity contribution in [3.8, 4) is 22.9 Å². The molecule has 2 amide bonds. The summed E-state index contributed by atoms with van der Waals surface area (Å²) in [6, 6.07) is 4.05. The maximum Gasteiger partial charge on any atom is 0.416 e. The molecule has 0 unspecified atom stereocenters. The molecule has 36 heavy (non-hydrogen) atoms. The fourth-order valence-electron chi connectivity index (χ4n) is 3.04. The van der Waals surface area contributed by atoms with Crippen LogP contribution in [0.2, 0.25) is 0 Å². The average molecular weight is 505 g/mol. The Hall–Kier alpha value is -3.93. The predicted octanol–water partition coefficient (Wildman–Crippen LogP) is 4.85. The van der Waals surface area contributed by atoms with Gasteiger partial charge in [0, 0.05) is 30.1 Å². The van der Waals surface area contributed by atoms with Crippen molar-refractivity contribution >= 4 is 17.4 Å². The normalized spacial score (nSPS) is 11.3. The lowest BCUT2D eigenvalue weighted by molar-refractivity contribution is -0.137. The molecule has 12 heteroatoms. The van der Waals surface area contributed by atoms with E-state index in [4.69, 9.17) is 9.47 Å². The van der Waals surface area contributed by atoms with Crippen LogP contribution in [-0.4, -0.2) is 59.7 Å². The molecule has 2 aromatic heterocycles. The number of alkyl halides is 3. The molecule has 1 aromatic carbocycles. The number of aromatic nitrogens is 3. The molecular weight excluding hydrogens is 477 g/mol. The van der Waals surface area contributed by atoms with Gasteiger partial charge in [-0.05, 0) is 46.1 Å². The van der Waals surface area contributed by atoms with Crippen LogP contribution in [0.5, 0.6) is 11.5 Å². The fraction of sp³-hybridized carbons (Fsp3) is 0.333. The first-order valence-corrected chi connectivity index (χ1v) is 11.0. The van der Waals surface area contributed by atoms with Gasteiger partial charge in [-0.3, -0.25) is 4.98 Å². The van der Waals surface area contributed by atoms with Gasteiger partial charge in [-0.1, -0.05) is 0 Å². The Kier molecular flexibility index (Phi) is 8.64. The van der Waals surface area contributed by atoms with Crippen molar-refractivity contribution in [3.63, 3.8) is 0 Å². The zero-order valence-electron chi connectivity index (χ0n) is 20.3. The molecule has 0 spiro atoms. The molecule has 0 aliphatic heterocycles. The lowest BCUT2D eigenvalue weighted by Gasteiger charge is -2.15. The molecule has 3 rings (SSSR count). The molecule has 2 heterocycles. The third kappa shape index (κ3) is 7.54. The van der Waals surface area contributed by atoms with E-state index in [1.54, 1.807) is 12.3 Å². The molecule has 0 radical (unpaired) electrons. The number of urea groups is 1. The summed E-state index contributed by atoms with van der Waals surface area (Å²) in [5.41, 5.74) is 0.595.